The molecule has 1 N–H and O–H groups in total. The van der Waals surface area contributed by atoms with E-state index in [9.17, 15) is 9.50 Å². The van der Waals surface area contributed by atoms with Gasteiger partial charge in [0.25, 0.3) is 0 Å². The Balaban J connectivity index is 2.47. The van der Waals surface area contributed by atoms with Gasteiger partial charge in [-0.1, -0.05) is 13.8 Å². The summed E-state index contributed by atoms with van der Waals surface area (Å²) < 4.78 is 18.9. The number of aliphatic hydroxyl groups excluding tert-OH is 1. The van der Waals surface area contributed by atoms with E-state index in [2.05, 4.69) is 13.8 Å². The quantitative estimate of drug-likeness (QED) is 0.768. The van der Waals surface area contributed by atoms with Crippen LogP contribution in [0.1, 0.15) is 45.3 Å². The zero-order valence-corrected chi connectivity index (χ0v) is 10.7. The number of ether oxygens (including phenoxy) is 1. The van der Waals surface area contributed by atoms with Crippen molar-refractivity contribution in [3.05, 3.63) is 29.6 Å². The first-order valence-electron chi connectivity index (χ1n) is 6.11. The van der Waals surface area contributed by atoms with Crippen LogP contribution in [0.15, 0.2) is 18.2 Å². The highest BCUT2D eigenvalue weighted by atomic mass is 19.1. The average molecular weight is 240 g/mol. The van der Waals surface area contributed by atoms with Crippen molar-refractivity contribution in [3.8, 4) is 5.75 Å². The Morgan fingerprint density at radius 1 is 1.29 bits per heavy atom. The van der Waals surface area contributed by atoms with Crippen LogP contribution < -0.4 is 4.74 Å². The second-order valence-electron chi connectivity index (χ2n) is 4.74. The lowest BCUT2D eigenvalue weighted by atomic mass is 10.1. The molecular formula is C14H21FO2. The predicted molar refractivity (Wildman–Crippen MR) is 66.6 cm³/mol. The van der Waals surface area contributed by atoms with Gasteiger partial charge < -0.3 is 9.84 Å². The highest BCUT2D eigenvalue weighted by Gasteiger charge is 2.08. The fraction of sp³-hybridized carbons (Fsp3) is 0.571. The van der Waals surface area contributed by atoms with Crippen LogP contribution in [0.2, 0.25) is 0 Å². The van der Waals surface area contributed by atoms with Gasteiger partial charge >= 0.3 is 0 Å². The zero-order chi connectivity index (χ0) is 12.8. The van der Waals surface area contributed by atoms with E-state index in [1.165, 1.54) is 6.07 Å². The van der Waals surface area contributed by atoms with Crippen molar-refractivity contribution in [3.63, 3.8) is 0 Å². The predicted octanol–water partition coefficient (Wildman–Crippen LogP) is 3.69. The SMILES string of the molecule is CC(C)CCCOc1ccc([C@@H](C)O)c(F)c1. The zero-order valence-electron chi connectivity index (χ0n) is 10.7. The van der Waals surface area contributed by atoms with Gasteiger partial charge in [0.2, 0.25) is 0 Å². The highest BCUT2D eigenvalue weighted by Crippen LogP contribution is 2.21. The molecule has 0 amide bonds. The molecule has 0 unspecified atom stereocenters. The lowest BCUT2D eigenvalue weighted by Gasteiger charge is -2.10. The molecule has 0 heterocycles. The van der Waals surface area contributed by atoms with Crippen LogP contribution in [0.4, 0.5) is 4.39 Å². The van der Waals surface area contributed by atoms with Crippen LogP contribution >= 0.6 is 0 Å². The standard InChI is InChI=1S/C14H21FO2/c1-10(2)5-4-8-17-12-6-7-13(11(3)16)14(15)9-12/h6-7,9-11,16H,4-5,8H2,1-3H3/t11-/m1/s1. The van der Waals surface area contributed by atoms with Gasteiger partial charge in [0.05, 0.1) is 12.7 Å². The third-order valence-electron chi connectivity index (χ3n) is 2.62. The van der Waals surface area contributed by atoms with Crippen LogP contribution in [0.5, 0.6) is 5.75 Å². The summed E-state index contributed by atoms with van der Waals surface area (Å²) in [6, 6.07) is 4.59. The molecule has 0 saturated carbocycles. The van der Waals surface area contributed by atoms with Gasteiger partial charge in [-0.25, -0.2) is 4.39 Å². The van der Waals surface area contributed by atoms with Gasteiger partial charge in [-0.15, -0.1) is 0 Å². The largest absolute Gasteiger partial charge is 0.493 e. The maximum absolute atomic E-state index is 13.5. The monoisotopic (exact) mass is 240 g/mol. The van der Waals surface area contributed by atoms with E-state index in [0.717, 1.165) is 12.8 Å². The first-order chi connectivity index (χ1) is 8.00. The molecule has 2 nitrogen and oxygen atoms in total. The Labute approximate surface area is 102 Å². The number of aliphatic hydroxyl groups is 1. The van der Waals surface area contributed by atoms with Gasteiger partial charge in [-0.05, 0) is 37.8 Å². The van der Waals surface area contributed by atoms with Crippen LogP contribution in [-0.2, 0) is 0 Å². The summed E-state index contributed by atoms with van der Waals surface area (Å²) in [5.41, 5.74) is 0.305. The Kier molecular flexibility index (Phi) is 5.42. The molecule has 0 saturated heterocycles. The molecule has 0 fully saturated rings. The maximum Gasteiger partial charge on any atom is 0.132 e. The molecular weight excluding hydrogens is 219 g/mol. The lowest BCUT2D eigenvalue weighted by molar-refractivity contribution is 0.194. The van der Waals surface area contributed by atoms with Crippen molar-refractivity contribution in [1.29, 1.82) is 0 Å². The van der Waals surface area contributed by atoms with Crippen molar-refractivity contribution in [2.45, 2.75) is 39.7 Å². The minimum absolute atomic E-state index is 0.305. The molecule has 0 bridgehead atoms. The highest BCUT2D eigenvalue weighted by molar-refractivity contribution is 5.29. The van der Waals surface area contributed by atoms with Crippen molar-refractivity contribution in [1.82, 2.24) is 0 Å². The molecule has 1 aromatic carbocycles. The van der Waals surface area contributed by atoms with Gasteiger partial charge in [0.15, 0.2) is 0 Å². The molecule has 0 aliphatic heterocycles. The molecule has 1 aromatic rings. The van der Waals surface area contributed by atoms with E-state index in [1.54, 1.807) is 19.1 Å². The van der Waals surface area contributed by atoms with E-state index in [1.807, 2.05) is 0 Å². The number of hydrogen-bond donors (Lipinski definition) is 1. The van der Waals surface area contributed by atoms with Gasteiger partial charge in [0.1, 0.15) is 11.6 Å². The third kappa shape index (κ3) is 4.73. The lowest BCUT2D eigenvalue weighted by Crippen LogP contribution is -2.01. The van der Waals surface area contributed by atoms with Crippen molar-refractivity contribution >= 4 is 0 Å². The topological polar surface area (TPSA) is 29.5 Å². The summed E-state index contributed by atoms with van der Waals surface area (Å²) in [4.78, 5) is 0. The van der Waals surface area contributed by atoms with Crippen LogP contribution in [0.25, 0.3) is 0 Å². The number of halogens is 1. The van der Waals surface area contributed by atoms with E-state index in [4.69, 9.17) is 4.74 Å². The van der Waals surface area contributed by atoms with Crippen molar-refractivity contribution < 1.29 is 14.2 Å². The van der Waals surface area contributed by atoms with E-state index in [-0.39, 0.29) is 0 Å². The molecule has 0 aromatic heterocycles. The number of rotatable bonds is 6. The third-order valence-corrected chi connectivity index (χ3v) is 2.62. The number of benzene rings is 1. The average Bonchev–Trinajstić information content (AvgIpc) is 2.23. The van der Waals surface area contributed by atoms with E-state index in [0.29, 0.717) is 23.8 Å². The van der Waals surface area contributed by atoms with Crippen LogP contribution in [-0.4, -0.2) is 11.7 Å². The summed E-state index contributed by atoms with van der Waals surface area (Å²) in [6.45, 7) is 6.47. The minimum Gasteiger partial charge on any atom is -0.493 e. The molecule has 96 valence electrons. The Hall–Kier alpha value is -1.09. The van der Waals surface area contributed by atoms with E-state index >= 15 is 0 Å². The van der Waals surface area contributed by atoms with Crippen molar-refractivity contribution in [2.75, 3.05) is 6.61 Å². The summed E-state index contributed by atoms with van der Waals surface area (Å²) in [5, 5.41) is 9.29. The summed E-state index contributed by atoms with van der Waals surface area (Å²) in [7, 11) is 0. The maximum atomic E-state index is 13.5. The van der Waals surface area contributed by atoms with E-state index < -0.39 is 11.9 Å². The molecule has 17 heavy (non-hydrogen) atoms. The Bertz CT molecular complexity index is 348. The summed E-state index contributed by atoms with van der Waals surface area (Å²) >= 11 is 0. The number of hydrogen-bond acceptors (Lipinski definition) is 2. The normalized spacial score (nSPS) is 12.8. The second kappa shape index (κ2) is 6.60. The minimum atomic E-state index is -0.787. The molecule has 3 heteroatoms. The Morgan fingerprint density at radius 3 is 2.53 bits per heavy atom. The van der Waals surface area contributed by atoms with Gasteiger partial charge in [-0.3, -0.25) is 0 Å². The first kappa shape index (κ1) is 14.0. The molecule has 0 aliphatic rings. The van der Waals surface area contributed by atoms with Gasteiger partial charge in [0, 0.05) is 11.6 Å². The van der Waals surface area contributed by atoms with Gasteiger partial charge in [-0.2, -0.15) is 0 Å². The van der Waals surface area contributed by atoms with Crippen LogP contribution in [0, 0.1) is 11.7 Å². The first-order valence-corrected chi connectivity index (χ1v) is 6.11. The molecule has 0 aliphatic carbocycles. The van der Waals surface area contributed by atoms with Crippen LogP contribution in [0.3, 0.4) is 0 Å². The molecule has 0 spiro atoms. The fourth-order valence-electron chi connectivity index (χ4n) is 1.62. The molecule has 1 rings (SSSR count). The molecule has 0 radical (unpaired) electrons. The smallest absolute Gasteiger partial charge is 0.132 e. The Morgan fingerprint density at radius 2 is 2.00 bits per heavy atom. The summed E-state index contributed by atoms with van der Waals surface area (Å²) in [6.07, 6.45) is 1.29. The second-order valence-corrected chi connectivity index (χ2v) is 4.74. The fourth-order valence-corrected chi connectivity index (χ4v) is 1.62. The molecule has 1 atom stereocenters. The summed E-state index contributed by atoms with van der Waals surface area (Å²) in [5.74, 6) is 0.768. The van der Waals surface area contributed by atoms with Crippen molar-refractivity contribution in [2.24, 2.45) is 5.92 Å².